The zero-order chi connectivity index (χ0) is 15.5. The Morgan fingerprint density at radius 1 is 0.864 bits per heavy atom. The van der Waals surface area contributed by atoms with Crippen LogP contribution < -0.4 is 14.2 Å². The average Bonchev–Trinajstić information content (AvgIpc) is 2.60. The van der Waals surface area contributed by atoms with Crippen LogP contribution in [0, 0.1) is 0 Å². The fourth-order valence-electron chi connectivity index (χ4n) is 3.04. The van der Waals surface area contributed by atoms with E-state index in [1.165, 1.54) is 11.1 Å². The Bertz CT molecular complexity index is 687. The standard InChI is InChI=1S/C19H20O3/c1-20-14-9-7-13(8-10-14)15-5-4-6-17-16(15)11-12-18(21-2)19(17)22-3/h4,6-12,15H,5H2,1-3H3. The first-order valence-corrected chi connectivity index (χ1v) is 7.34. The highest BCUT2D eigenvalue weighted by atomic mass is 16.5. The van der Waals surface area contributed by atoms with Gasteiger partial charge >= 0.3 is 0 Å². The number of hydrogen-bond donors (Lipinski definition) is 0. The highest BCUT2D eigenvalue weighted by Crippen LogP contribution is 2.43. The molecule has 1 unspecified atom stereocenters. The summed E-state index contributed by atoms with van der Waals surface area (Å²) in [5.41, 5.74) is 3.65. The van der Waals surface area contributed by atoms with Crippen molar-refractivity contribution in [3.05, 3.63) is 59.2 Å². The predicted molar refractivity (Wildman–Crippen MR) is 88.0 cm³/mol. The number of hydrogen-bond acceptors (Lipinski definition) is 3. The second-order valence-corrected chi connectivity index (χ2v) is 5.27. The van der Waals surface area contributed by atoms with Gasteiger partial charge in [-0.1, -0.05) is 30.4 Å². The molecule has 0 fully saturated rings. The second-order valence-electron chi connectivity index (χ2n) is 5.27. The first-order valence-electron chi connectivity index (χ1n) is 7.34. The van der Waals surface area contributed by atoms with Crippen molar-refractivity contribution in [3.8, 4) is 17.2 Å². The molecule has 0 saturated heterocycles. The molecule has 1 aliphatic carbocycles. The van der Waals surface area contributed by atoms with Crippen LogP contribution in [-0.2, 0) is 0 Å². The molecule has 3 nitrogen and oxygen atoms in total. The van der Waals surface area contributed by atoms with Gasteiger partial charge in [-0.2, -0.15) is 0 Å². The molecule has 3 rings (SSSR count). The van der Waals surface area contributed by atoms with E-state index in [-0.39, 0.29) is 0 Å². The van der Waals surface area contributed by atoms with Crippen molar-refractivity contribution >= 4 is 6.08 Å². The molecule has 1 atom stereocenters. The number of methoxy groups -OCH3 is 3. The fraction of sp³-hybridized carbons (Fsp3) is 0.263. The molecule has 22 heavy (non-hydrogen) atoms. The summed E-state index contributed by atoms with van der Waals surface area (Å²) < 4.78 is 16.2. The van der Waals surface area contributed by atoms with Crippen LogP contribution in [0.25, 0.3) is 6.08 Å². The highest BCUT2D eigenvalue weighted by molar-refractivity contribution is 5.69. The topological polar surface area (TPSA) is 27.7 Å². The molecule has 2 aromatic rings. The summed E-state index contributed by atoms with van der Waals surface area (Å²) in [5.74, 6) is 2.77. The van der Waals surface area contributed by atoms with E-state index in [2.05, 4.69) is 30.4 Å². The Morgan fingerprint density at radius 2 is 1.64 bits per heavy atom. The lowest BCUT2D eigenvalue weighted by molar-refractivity contribution is 0.353. The number of ether oxygens (including phenoxy) is 3. The van der Waals surface area contributed by atoms with Crippen molar-refractivity contribution < 1.29 is 14.2 Å². The fourth-order valence-corrected chi connectivity index (χ4v) is 3.04. The first-order chi connectivity index (χ1) is 10.8. The molecule has 0 bridgehead atoms. The third kappa shape index (κ3) is 2.43. The Kier molecular flexibility index (Phi) is 4.05. The summed E-state index contributed by atoms with van der Waals surface area (Å²) in [6.45, 7) is 0. The van der Waals surface area contributed by atoms with Gasteiger partial charge in [0.05, 0.1) is 21.3 Å². The number of fused-ring (bicyclic) bond motifs is 1. The predicted octanol–water partition coefficient (Wildman–Crippen LogP) is 4.26. The lowest BCUT2D eigenvalue weighted by Crippen LogP contribution is -2.07. The molecule has 0 amide bonds. The number of benzene rings is 2. The Labute approximate surface area is 131 Å². The summed E-state index contributed by atoms with van der Waals surface area (Å²) in [4.78, 5) is 0. The van der Waals surface area contributed by atoms with Gasteiger partial charge in [0.15, 0.2) is 11.5 Å². The molecule has 0 aromatic heterocycles. The molecule has 0 saturated carbocycles. The Hall–Kier alpha value is -2.42. The smallest absolute Gasteiger partial charge is 0.168 e. The number of rotatable bonds is 4. The molecule has 1 aliphatic rings. The van der Waals surface area contributed by atoms with Crippen LogP contribution in [0.15, 0.2) is 42.5 Å². The molecule has 3 heteroatoms. The number of allylic oxidation sites excluding steroid dienone is 1. The minimum Gasteiger partial charge on any atom is -0.497 e. The van der Waals surface area contributed by atoms with E-state index < -0.39 is 0 Å². The average molecular weight is 296 g/mol. The molecule has 114 valence electrons. The van der Waals surface area contributed by atoms with Gasteiger partial charge < -0.3 is 14.2 Å². The van der Waals surface area contributed by atoms with E-state index in [0.29, 0.717) is 5.92 Å². The Balaban J connectivity index is 2.06. The van der Waals surface area contributed by atoms with Crippen LogP contribution in [0.4, 0.5) is 0 Å². The van der Waals surface area contributed by atoms with E-state index in [4.69, 9.17) is 14.2 Å². The van der Waals surface area contributed by atoms with Crippen LogP contribution in [0.5, 0.6) is 17.2 Å². The zero-order valence-corrected chi connectivity index (χ0v) is 13.1. The molecule has 0 heterocycles. The van der Waals surface area contributed by atoms with Gasteiger partial charge in [-0.25, -0.2) is 0 Å². The normalized spacial score (nSPS) is 16.0. The van der Waals surface area contributed by atoms with Crippen LogP contribution in [0.1, 0.15) is 29.0 Å². The maximum absolute atomic E-state index is 5.56. The van der Waals surface area contributed by atoms with Gasteiger partial charge in [0.2, 0.25) is 0 Å². The van der Waals surface area contributed by atoms with Crippen LogP contribution in [0.3, 0.4) is 0 Å². The second kappa shape index (κ2) is 6.14. The monoisotopic (exact) mass is 296 g/mol. The summed E-state index contributed by atoms with van der Waals surface area (Å²) in [5, 5.41) is 0. The minimum atomic E-state index is 0.325. The van der Waals surface area contributed by atoms with Crippen LogP contribution in [0.2, 0.25) is 0 Å². The SMILES string of the molecule is COc1ccc(C2CC=Cc3c2ccc(OC)c3OC)cc1. The highest BCUT2D eigenvalue weighted by Gasteiger charge is 2.23. The van der Waals surface area contributed by atoms with Crippen LogP contribution in [-0.4, -0.2) is 21.3 Å². The lowest BCUT2D eigenvalue weighted by Gasteiger charge is -2.25. The molecule has 0 radical (unpaired) electrons. The molecule has 2 aromatic carbocycles. The Morgan fingerprint density at radius 3 is 2.27 bits per heavy atom. The third-order valence-corrected chi connectivity index (χ3v) is 4.17. The zero-order valence-electron chi connectivity index (χ0n) is 13.1. The van der Waals surface area contributed by atoms with E-state index >= 15 is 0 Å². The summed E-state index contributed by atoms with van der Waals surface area (Å²) in [6.07, 6.45) is 5.30. The van der Waals surface area contributed by atoms with E-state index in [1.807, 2.05) is 18.2 Å². The van der Waals surface area contributed by atoms with E-state index in [0.717, 1.165) is 29.2 Å². The summed E-state index contributed by atoms with van der Waals surface area (Å²) in [6, 6.07) is 12.4. The largest absolute Gasteiger partial charge is 0.497 e. The van der Waals surface area contributed by atoms with E-state index in [1.54, 1.807) is 21.3 Å². The van der Waals surface area contributed by atoms with Gasteiger partial charge in [-0.15, -0.1) is 0 Å². The van der Waals surface area contributed by atoms with Crippen molar-refractivity contribution in [1.82, 2.24) is 0 Å². The van der Waals surface area contributed by atoms with Crippen LogP contribution >= 0.6 is 0 Å². The molecular formula is C19H20O3. The minimum absolute atomic E-state index is 0.325. The van der Waals surface area contributed by atoms with Gasteiger partial charge in [0.25, 0.3) is 0 Å². The maximum Gasteiger partial charge on any atom is 0.168 e. The van der Waals surface area contributed by atoms with E-state index in [9.17, 15) is 0 Å². The van der Waals surface area contributed by atoms with Gasteiger partial charge in [0, 0.05) is 11.5 Å². The first kappa shape index (κ1) is 14.5. The summed E-state index contributed by atoms with van der Waals surface area (Å²) >= 11 is 0. The molecule has 0 spiro atoms. The van der Waals surface area contributed by atoms with Gasteiger partial charge in [-0.05, 0) is 35.7 Å². The van der Waals surface area contributed by atoms with Crippen molar-refractivity contribution in [2.75, 3.05) is 21.3 Å². The quantitative estimate of drug-likeness (QED) is 0.843. The lowest BCUT2D eigenvalue weighted by atomic mass is 9.82. The van der Waals surface area contributed by atoms with Crippen molar-refractivity contribution in [1.29, 1.82) is 0 Å². The van der Waals surface area contributed by atoms with Crippen molar-refractivity contribution in [3.63, 3.8) is 0 Å². The van der Waals surface area contributed by atoms with Gasteiger partial charge in [-0.3, -0.25) is 0 Å². The third-order valence-electron chi connectivity index (χ3n) is 4.17. The molecular weight excluding hydrogens is 276 g/mol. The molecule has 0 N–H and O–H groups in total. The summed E-state index contributed by atoms with van der Waals surface area (Å²) in [7, 11) is 5.03. The van der Waals surface area contributed by atoms with Crippen molar-refractivity contribution in [2.45, 2.75) is 12.3 Å². The molecule has 0 aliphatic heterocycles. The maximum atomic E-state index is 5.56. The van der Waals surface area contributed by atoms with Gasteiger partial charge in [0.1, 0.15) is 5.75 Å². The van der Waals surface area contributed by atoms with Crippen molar-refractivity contribution in [2.24, 2.45) is 0 Å².